The lowest BCUT2D eigenvalue weighted by atomic mass is 9.89. The molecule has 0 N–H and O–H groups in total. The molecule has 2 radical (unpaired) electrons. The molecule has 0 aromatic rings. The topological polar surface area (TPSA) is 54.5 Å². The summed E-state index contributed by atoms with van der Waals surface area (Å²) in [5.74, 6) is -2.52. The maximum atomic E-state index is 11.1. The molecule has 2 amide bonds. The van der Waals surface area contributed by atoms with Gasteiger partial charge in [0.05, 0.1) is 5.94 Å². The lowest BCUT2D eigenvalue weighted by Crippen LogP contribution is -2.45. The third kappa shape index (κ3) is 1.69. The highest BCUT2D eigenvalue weighted by atomic mass is 16.2. The van der Waals surface area contributed by atoms with Gasteiger partial charge in [-0.05, 0) is 0 Å². The molecule has 13 heavy (non-hydrogen) atoms. The van der Waals surface area contributed by atoms with Crippen molar-refractivity contribution < 1.29 is 14.4 Å². The summed E-state index contributed by atoms with van der Waals surface area (Å²) in [7, 11) is 5.41. The van der Waals surface area contributed by atoms with E-state index in [9.17, 15) is 14.4 Å². The molecule has 0 bridgehead atoms. The fourth-order valence-electron chi connectivity index (χ4n) is 1.04. The molecule has 1 unspecified atom stereocenters. The standard InChI is InChI=1S/C8H8BNO3/c1-2-5(11)8(9)10-6(12)3-4-7(10)13/h3-4,8H,2H2,1H3. The van der Waals surface area contributed by atoms with Gasteiger partial charge in [-0.15, -0.1) is 0 Å². The van der Waals surface area contributed by atoms with E-state index in [1.165, 1.54) is 0 Å². The summed E-state index contributed by atoms with van der Waals surface area (Å²) in [4.78, 5) is 33.9. The van der Waals surface area contributed by atoms with E-state index in [4.69, 9.17) is 7.85 Å². The Labute approximate surface area is 77.0 Å². The molecule has 66 valence electrons. The third-order valence-electron chi connectivity index (χ3n) is 1.80. The van der Waals surface area contributed by atoms with E-state index in [0.717, 1.165) is 17.1 Å². The van der Waals surface area contributed by atoms with Crippen LogP contribution in [0.15, 0.2) is 12.2 Å². The number of amides is 2. The highest BCUT2D eigenvalue weighted by molar-refractivity contribution is 6.29. The summed E-state index contributed by atoms with van der Waals surface area (Å²) in [6, 6.07) is 0. The van der Waals surface area contributed by atoms with Gasteiger partial charge >= 0.3 is 0 Å². The molecule has 0 saturated heterocycles. The maximum absolute atomic E-state index is 11.1. The van der Waals surface area contributed by atoms with Gasteiger partial charge < -0.3 is 0 Å². The average Bonchev–Trinajstić information content (AvgIpc) is 2.44. The van der Waals surface area contributed by atoms with E-state index >= 15 is 0 Å². The smallest absolute Gasteiger partial charge is 0.253 e. The van der Waals surface area contributed by atoms with Gasteiger partial charge in [0.1, 0.15) is 13.6 Å². The van der Waals surface area contributed by atoms with Gasteiger partial charge in [-0.1, -0.05) is 6.92 Å². The van der Waals surface area contributed by atoms with Crippen molar-refractivity contribution in [2.75, 3.05) is 0 Å². The van der Waals surface area contributed by atoms with Gasteiger partial charge in [0.25, 0.3) is 11.8 Å². The fourth-order valence-corrected chi connectivity index (χ4v) is 1.04. The van der Waals surface area contributed by atoms with Crippen LogP contribution in [0.4, 0.5) is 0 Å². The van der Waals surface area contributed by atoms with Crippen molar-refractivity contribution in [2.24, 2.45) is 0 Å². The molecule has 1 aliphatic heterocycles. The second-order valence-electron chi connectivity index (χ2n) is 2.64. The van der Waals surface area contributed by atoms with Crippen molar-refractivity contribution in [3.8, 4) is 0 Å². The number of imide groups is 1. The van der Waals surface area contributed by atoms with E-state index in [0.29, 0.717) is 0 Å². The normalized spacial score (nSPS) is 18.1. The van der Waals surface area contributed by atoms with Gasteiger partial charge in [0, 0.05) is 18.6 Å². The number of rotatable bonds is 3. The van der Waals surface area contributed by atoms with Gasteiger partial charge in [0.2, 0.25) is 0 Å². The van der Waals surface area contributed by atoms with Gasteiger partial charge in [-0.25, -0.2) is 0 Å². The minimum absolute atomic E-state index is 0.207. The summed E-state index contributed by atoms with van der Waals surface area (Å²) < 4.78 is 0. The van der Waals surface area contributed by atoms with Crippen LogP contribution in [-0.4, -0.2) is 36.3 Å². The Bertz CT molecular complexity index is 280. The zero-order chi connectivity index (χ0) is 10.0. The SMILES string of the molecule is [B]C(C(=O)CC)N1C(=O)C=CC1=O. The number of Topliss-reactive ketones (excluding diaryl/α,β-unsaturated/α-hetero) is 1. The van der Waals surface area contributed by atoms with Crippen LogP contribution in [0.1, 0.15) is 13.3 Å². The maximum Gasteiger partial charge on any atom is 0.253 e. The number of carbonyl (C=O) groups excluding carboxylic acids is 3. The number of nitrogens with zero attached hydrogens (tertiary/aromatic N) is 1. The largest absolute Gasteiger partial charge is 0.298 e. The van der Waals surface area contributed by atoms with E-state index in [1.54, 1.807) is 6.92 Å². The van der Waals surface area contributed by atoms with Crippen LogP contribution in [0.3, 0.4) is 0 Å². The molecule has 0 saturated carbocycles. The second-order valence-corrected chi connectivity index (χ2v) is 2.64. The van der Waals surface area contributed by atoms with Crippen LogP contribution in [0.25, 0.3) is 0 Å². The molecular weight excluding hydrogens is 169 g/mol. The van der Waals surface area contributed by atoms with Crippen LogP contribution < -0.4 is 0 Å². The highest BCUT2D eigenvalue weighted by Gasteiger charge is 2.30. The summed E-state index contributed by atoms with van der Waals surface area (Å²) in [5, 5.41) is 0. The summed E-state index contributed by atoms with van der Waals surface area (Å²) in [6.07, 6.45) is 2.41. The predicted molar refractivity (Wildman–Crippen MR) is 45.8 cm³/mol. The number of ketones is 1. The third-order valence-corrected chi connectivity index (χ3v) is 1.80. The summed E-state index contributed by atoms with van der Waals surface area (Å²) in [5.41, 5.74) is 0. The summed E-state index contributed by atoms with van der Waals surface area (Å²) in [6.45, 7) is 1.63. The number of hydrogen-bond donors (Lipinski definition) is 0. The Balaban J connectivity index is 2.78. The second kappa shape index (κ2) is 3.55. The molecule has 1 aliphatic rings. The zero-order valence-corrected chi connectivity index (χ0v) is 7.19. The molecule has 0 spiro atoms. The van der Waals surface area contributed by atoms with Crippen LogP contribution in [0, 0.1) is 0 Å². The molecule has 0 aliphatic carbocycles. The van der Waals surface area contributed by atoms with Crippen molar-refractivity contribution >= 4 is 25.4 Å². The van der Waals surface area contributed by atoms with E-state index in [2.05, 4.69) is 0 Å². The van der Waals surface area contributed by atoms with Crippen molar-refractivity contribution in [3.05, 3.63) is 12.2 Å². The Morgan fingerprint density at radius 1 is 1.46 bits per heavy atom. The van der Waals surface area contributed by atoms with Crippen LogP contribution in [0.5, 0.6) is 0 Å². The molecule has 1 rings (SSSR count). The van der Waals surface area contributed by atoms with E-state index < -0.39 is 17.8 Å². The Morgan fingerprint density at radius 3 is 2.31 bits per heavy atom. The Kier molecular flexibility index (Phi) is 2.65. The zero-order valence-electron chi connectivity index (χ0n) is 7.19. The molecular formula is C8H8BNO3. The predicted octanol–water partition coefficient (Wildman–Crippen LogP) is -0.615. The van der Waals surface area contributed by atoms with Crippen molar-refractivity contribution in [2.45, 2.75) is 19.3 Å². The monoisotopic (exact) mass is 177 g/mol. The Morgan fingerprint density at radius 2 is 1.92 bits per heavy atom. The average molecular weight is 177 g/mol. The number of hydrogen-bond acceptors (Lipinski definition) is 3. The first-order valence-electron chi connectivity index (χ1n) is 3.91. The first-order chi connectivity index (χ1) is 6.07. The van der Waals surface area contributed by atoms with Crippen molar-refractivity contribution in [3.63, 3.8) is 0 Å². The minimum atomic E-state index is -1.14. The first kappa shape index (κ1) is 9.70. The van der Waals surface area contributed by atoms with E-state index in [1.807, 2.05) is 0 Å². The fraction of sp³-hybridized carbons (Fsp3) is 0.375. The molecule has 0 aromatic heterocycles. The van der Waals surface area contributed by atoms with Crippen LogP contribution >= 0.6 is 0 Å². The van der Waals surface area contributed by atoms with Crippen LogP contribution in [0.2, 0.25) is 0 Å². The lowest BCUT2D eigenvalue weighted by Gasteiger charge is -2.20. The highest BCUT2D eigenvalue weighted by Crippen LogP contribution is 2.08. The lowest BCUT2D eigenvalue weighted by molar-refractivity contribution is -0.141. The van der Waals surface area contributed by atoms with Gasteiger partial charge in [-0.3, -0.25) is 19.3 Å². The first-order valence-corrected chi connectivity index (χ1v) is 3.91. The molecule has 0 fully saturated rings. The molecule has 5 heteroatoms. The molecule has 1 heterocycles. The quantitative estimate of drug-likeness (QED) is 0.426. The Hall–Kier alpha value is -1.39. The number of carbonyl (C=O) groups is 3. The molecule has 1 atom stereocenters. The van der Waals surface area contributed by atoms with Crippen molar-refractivity contribution in [1.29, 1.82) is 0 Å². The molecule has 4 nitrogen and oxygen atoms in total. The molecule has 0 aromatic carbocycles. The van der Waals surface area contributed by atoms with Crippen LogP contribution in [-0.2, 0) is 14.4 Å². The minimum Gasteiger partial charge on any atom is -0.298 e. The van der Waals surface area contributed by atoms with Crippen molar-refractivity contribution in [1.82, 2.24) is 4.90 Å². The summed E-state index contributed by atoms with van der Waals surface area (Å²) >= 11 is 0. The van der Waals surface area contributed by atoms with Gasteiger partial charge in [-0.2, -0.15) is 0 Å². The van der Waals surface area contributed by atoms with Gasteiger partial charge in [0.15, 0.2) is 0 Å². The van der Waals surface area contributed by atoms with E-state index in [-0.39, 0.29) is 12.2 Å².